The number of fused-ring (bicyclic) bond motifs is 1. The molecule has 0 unspecified atom stereocenters. The van der Waals surface area contributed by atoms with E-state index in [1.807, 2.05) is 13.0 Å². The molecule has 10 heteroatoms. The van der Waals surface area contributed by atoms with Crippen LogP contribution in [0.3, 0.4) is 0 Å². The zero-order valence-corrected chi connectivity index (χ0v) is 17.4. The molecule has 0 saturated heterocycles. The first kappa shape index (κ1) is 21.5. The second-order valence-electron chi connectivity index (χ2n) is 7.03. The molecule has 32 heavy (non-hydrogen) atoms. The van der Waals surface area contributed by atoms with Gasteiger partial charge in [-0.3, -0.25) is 9.38 Å². The summed E-state index contributed by atoms with van der Waals surface area (Å²) in [6, 6.07) is 8.05. The number of imidazole rings is 1. The van der Waals surface area contributed by atoms with Crippen molar-refractivity contribution in [3.8, 4) is 23.0 Å². The van der Waals surface area contributed by atoms with Crippen molar-refractivity contribution in [2.75, 3.05) is 0 Å². The molecular weight excluding hydrogens is 441 g/mol. The summed E-state index contributed by atoms with van der Waals surface area (Å²) in [4.78, 5) is 8.04. The third-order valence-electron chi connectivity index (χ3n) is 4.71. The zero-order chi connectivity index (χ0) is 23.1. The smallest absolute Gasteiger partial charge is 0.292 e. The van der Waals surface area contributed by atoms with Crippen molar-refractivity contribution in [2.24, 2.45) is 5.14 Å². The van der Waals surface area contributed by atoms with E-state index >= 15 is 0 Å². The quantitative estimate of drug-likeness (QED) is 0.465. The zero-order valence-electron chi connectivity index (χ0n) is 16.6. The average Bonchev–Trinajstić information content (AvgIpc) is 3.15. The maximum Gasteiger partial charge on any atom is 0.416 e. The maximum atomic E-state index is 12.8. The summed E-state index contributed by atoms with van der Waals surface area (Å²) in [6.07, 6.45) is 1.43. The van der Waals surface area contributed by atoms with Crippen LogP contribution >= 0.6 is 0 Å². The van der Waals surface area contributed by atoms with Crippen molar-refractivity contribution in [1.82, 2.24) is 14.4 Å². The lowest BCUT2D eigenvalue weighted by Crippen LogP contribution is -2.12. The van der Waals surface area contributed by atoms with Crippen LogP contribution in [0, 0.1) is 18.8 Å². The van der Waals surface area contributed by atoms with Gasteiger partial charge in [0.25, 0.3) is 0 Å². The van der Waals surface area contributed by atoms with E-state index in [1.165, 1.54) is 24.4 Å². The third-order valence-corrected chi connectivity index (χ3v) is 5.59. The number of halogens is 3. The Morgan fingerprint density at radius 2 is 1.72 bits per heavy atom. The molecule has 0 bridgehead atoms. The molecule has 0 radical (unpaired) electrons. The van der Waals surface area contributed by atoms with Crippen molar-refractivity contribution in [1.29, 1.82) is 0 Å². The Labute approximate surface area is 181 Å². The number of aromatic nitrogens is 3. The Morgan fingerprint density at radius 1 is 1.00 bits per heavy atom. The number of hydrogen-bond donors (Lipinski definition) is 1. The number of aryl methyl sites for hydroxylation is 1. The van der Waals surface area contributed by atoms with Gasteiger partial charge in [-0.2, -0.15) is 13.2 Å². The first-order valence-electron chi connectivity index (χ1n) is 9.17. The second-order valence-corrected chi connectivity index (χ2v) is 8.59. The maximum absolute atomic E-state index is 12.8. The Morgan fingerprint density at radius 3 is 2.38 bits per heavy atom. The van der Waals surface area contributed by atoms with Crippen molar-refractivity contribution in [3.63, 3.8) is 0 Å². The van der Waals surface area contributed by atoms with E-state index in [0.717, 1.165) is 23.9 Å². The second kappa shape index (κ2) is 7.78. The third kappa shape index (κ3) is 4.34. The first-order valence-corrected chi connectivity index (χ1v) is 10.7. The average molecular weight is 456 g/mol. The highest BCUT2D eigenvalue weighted by Crippen LogP contribution is 2.31. The molecule has 1 aromatic carbocycles. The molecule has 3 aromatic heterocycles. The van der Waals surface area contributed by atoms with Gasteiger partial charge in [0.2, 0.25) is 10.0 Å². The predicted octanol–water partition coefficient (Wildman–Crippen LogP) is 3.77. The van der Waals surface area contributed by atoms with Crippen molar-refractivity contribution in [3.05, 3.63) is 83.6 Å². The monoisotopic (exact) mass is 456 g/mol. The van der Waals surface area contributed by atoms with Gasteiger partial charge in [-0.05, 0) is 53.8 Å². The molecule has 4 rings (SSSR count). The van der Waals surface area contributed by atoms with E-state index in [4.69, 9.17) is 5.14 Å². The van der Waals surface area contributed by atoms with E-state index in [2.05, 4.69) is 21.8 Å². The number of nitrogens with two attached hydrogens (primary N) is 1. The summed E-state index contributed by atoms with van der Waals surface area (Å²) < 4.78 is 63.3. The highest BCUT2D eigenvalue weighted by molar-refractivity contribution is 7.89. The van der Waals surface area contributed by atoms with Crippen molar-refractivity contribution >= 4 is 15.7 Å². The van der Waals surface area contributed by atoms with Gasteiger partial charge in [0, 0.05) is 24.2 Å². The van der Waals surface area contributed by atoms with Crippen LogP contribution in [0.4, 0.5) is 13.2 Å². The van der Waals surface area contributed by atoms with E-state index in [9.17, 15) is 21.6 Å². The first-order chi connectivity index (χ1) is 15.0. The molecule has 0 aliphatic rings. The summed E-state index contributed by atoms with van der Waals surface area (Å²) in [7, 11) is -3.90. The Hall–Kier alpha value is -3.68. The largest absolute Gasteiger partial charge is 0.416 e. The van der Waals surface area contributed by atoms with Crippen LogP contribution in [-0.4, -0.2) is 22.8 Å². The molecule has 0 aliphatic heterocycles. The molecule has 0 spiro atoms. The van der Waals surface area contributed by atoms with Crippen LogP contribution in [0.25, 0.3) is 16.8 Å². The van der Waals surface area contributed by atoms with Gasteiger partial charge in [-0.15, -0.1) is 0 Å². The van der Waals surface area contributed by atoms with Crippen molar-refractivity contribution in [2.45, 2.75) is 18.0 Å². The summed E-state index contributed by atoms with van der Waals surface area (Å²) in [5.41, 5.74) is 2.90. The van der Waals surface area contributed by atoms with Gasteiger partial charge in [0.1, 0.15) is 16.2 Å². The Balaban J connectivity index is 1.75. The van der Waals surface area contributed by atoms with Gasteiger partial charge in [0.05, 0.1) is 11.8 Å². The fraction of sp³-hybridized carbons (Fsp3) is 0.0909. The number of primary sulfonamides is 1. The van der Waals surface area contributed by atoms with Crippen LogP contribution < -0.4 is 5.14 Å². The fourth-order valence-electron chi connectivity index (χ4n) is 3.14. The van der Waals surface area contributed by atoms with Crippen molar-refractivity contribution < 1.29 is 21.6 Å². The van der Waals surface area contributed by atoms with E-state index in [-0.39, 0.29) is 4.90 Å². The number of alkyl halides is 3. The highest BCUT2D eigenvalue weighted by Gasteiger charge is 2.30. The number of sulfonamides is 1. The van der Waals surface area contributed by atoms with Gasteiger partial charge in [-0.1, -0.05) is 18.1 Å². The minimum atomic E-state index is -4.40. The van der Waals surface area contributed by atoms with Crippen LogP contribution in [0.1, 0.15) is 22.4 Å². The van der Waals surface area contributed by atoms with Crippen LogP contribution in [0.15, 0.2) is 66.1 Å². The number of rotatable bonds is 2. The van der Waals surface area contributed by atoms with E-state index in [0.29, 0.717) is 28.0 Å². The van der Waals surface area contributed by atoms with Gasteiger partial charge >= 0.3 is 6.18 Å². The molecule has 0 aliphatic carbocycles. The molecule has 0 atom stereocenters. The Kier molecular flexibility index (Phi) is 5.24. The number of nitrogens with zero attached hydrogens (tertiary/aromatic N) is 3. The normalized spacial score (nSPS) is 11.9. The van der Waals surface area contributed by atoms with Gasteiger partial charge < -0.3 is 0 Å². The van der Waals surface area contributed by atoms with E-state index < -0.39 is 21.8 Å². The summed E-state index contributed by atoms with van der Waals surface area (Å²) in [6.45, 7) is 1.84. The number of pyridine rings is 2. The SMILES string of the molecule is Cc1cc(-c2ccc(C(F)(F)F)cc2)cn2c(C#Cc3cncc(S(N)(=O)=O)c3)cnc12. The minimum Gasteiger partial charge on any atom is -0.292 e. The van der Waals surface area contributed by atoms with Crippen LogP contribution in [-0.2, 0) is 16.2 Å². The van der Waals surface area contributed by atoms with Crippen LogP contribution in [0.2, 0.25) is 0 Å². The summed E-state index contributed by atoms with van der Waals surface area (Å²) >= 11 is 0. The lowest BCUT2D eigenvalue weighted by atomic mass is 10.0. The number of hydrogen-bond acceptors (Lipinski definition) is 4. The highest BCUT2D eigenvalue weighted by atomic mass is 32.2. The topological polar surface area (TPSA) is 90.4 Å². The fourth-order valence-corrected chi connectivity index (χ4v) is 3.64. The van der Waals surface area contributed by atoms with E-state index in [1.54, 1.807) is 16.8 Å². The molecule has 0 fully saturated rings. The number of benzene rings is 1. The standard InChI is InChI=1S/C22H15F3N4O2S/c1-14-8-17(16-3-5-18(6-4-16)22(23,24)25)13-29-19(11-28-21(14)29)7-2-15-9-20(12-27-10-15)32(26,30)31/h3-6,8-13H,1H3,(H2,26,30,31). The molecular formula is C22H15F3N4O2S. The minimum absolute atomic E-state index is 0.150. The molecule has 0 amide bonds. The molecule has 162 valence electrons. The predicted molar refractivity (Wildman–Crippen MR) is 112 cm³/mol. The summed E-state index contributed by atoms with van der Waals surface area (Å²) in [5, 5.41) is 5.12. The molecule has 6 nitrogen and oxygen atoms in total. The molecule has 0 saturated carbocycles. The van der Waals surface area contributed by atoms with Crippen LogP contribution in [0.5, 0.6) is 0 Å². The van der Waals surface area contributed by atoms with Gasteiger partial charge in [-0.25, -0.2) is 18.5 Å². The molecule has 3 heterocycles. The van der Waals surface area contributed by atoms with Gasteiger partial charge in [0.15, 0.2) is 0 Å². The molecule has 4 aromatic rings. The lowest BCUT2D eigenvalue weighted by molar-refractivity contribution is -0.137. The Bertz CT molecular complexity index is 1500. The molecule has 2 N–H and O–H groups in total. The lowest BCUT2D eigenvalue weighted by Gasteiger charge is -2.09. The summed E-state index contributed by atoms with van der Waals surface area (Å²) in [5.74, 6) is 5.76.